The van der Waals surface area contributed by atoms with Gasteiger partial charge in [0, 0.05) is 12.6 Å². The summed E-state index contributed by atoms with van der Waals surface area (Å²) in [6, 6.07) is 19.3. The van der Waals surface area contributed by atoms with Crippen LogP contribution in [-0.4, -0.2) is 4.98 Å². The van der Waals surface area contributed by atoms with Gasteiger partial charge in [0.25, 0.3) is 0 Å². The van der Waals surface area contributed by atoms with Gasteiger partial charge in [0.2, 0.25) is 0 Å². The molecule has 2 aromatic carbocycles. The van der Waals surface area contributed by atoms with Crippen molar-refractivity contribution in [3.05, 3.63) is 65.2 Å². The molecule has 0 saturated heterocycles. The molecule has 102 valence electrons. The van der Waals surface area contributed by atoms with E-state index in [2.05, 4.69) is 65.8 Å². The average molecular weight is 282 g/mol. The zero-order valence-corrected chi connectivity index (χ0v) is 12.4. The second-order valence-corrected chi connectivity index (χ2v) is 5.94. The van der Waals surface area contributed by atoms with Gasteiger partial charge in [-0.15, -0.1) is 11.3 Å². The Labute approximate surface area is 123 Å². The third kappa shape index (κ3) is 2.89. The standard InChI is InChI=1S/C17H18N2S/c1-2-14(13-8-4-3-5-9-13)18-12-17-19-15-10-6-7-11-16(15)20-17/h3-11,14,18H,2,12H2,1H3. The summed E-state index contributed by atoms with van der Waals surface area (Å²) in [5, 5.41) is 4.76. The minimum Gasteiger partial charge on any atom is -0.304 e. The molecule has 3 rings (SSSR count). The number of aromatic nitrogens is 1. The number of nitrogens with zero attached hydrogens (tertiary/aromatic N) is 1. The van der Waals surface area contributed by atoms with Gasteiger partial charge in [0.05, 0.1) is 10.2 Å². The summed E-state index contributed by atoms with van der Waals surface area (Å²) >= 11 is 1.77. The van der Waals surface area contributed by atoms with Crippen molar-refractivity contribution in [1.82, 2.24) is 10.3 Å². The number of hydrogen-bond donors (Lipinski definition) is 1. The van der Waals surface area contributed by atoms with Gasteiger partial charge in [0.1, 0.15) is 5.01 Å². The third-order valence-electron chi connectivity index (χ3n) is 3.45. The monoisotopic (exact) mass is 282 g/mol. The lowest BCUT2D eigenvalue weighted by Gasteiger charge is -2.16. The van der Waals surface area contributed by atoms with E-state index in [-0.39, 0.29) is 0 Å². The van der Waals surface area contributed by atoms with Crippen LogP contribution in [0.3, 0.4) is 0 Å². The molecule has 1 N–H and O–H groups in total. The van der Waals surface area contributed by atoms with Crippen LogP contribution in [0.1, 0.15) is 30.0 Å². The minimum absolute atomic E-state index is 0.392. The lowest BCUT2D eigenvalue weighted by atomic mass is 10.1. The second kappa shape index (κ2) is 6.16. The zero-order chi connectivity index (χ0) is 13.8. The van der Waals surface area contributed by atoms with Gasteiger partial charge >= 0.3 is 0 Å². The van der Waals surface area contributed by atoms with Crippen LogP contribution < -0.4 is 5.32 Å². The highest BCUT2D eigenvalue weighted by molar-refractivity contribution is 7.18. The predicted molar refractivity (Wildman–Crippen MR) is 85.9 cm³/mol. The van der Waals surface area contributed by atoms with E-state index < -0.39 is 0 Å². The Hall–Kier alpha value is -1.71. The lowest BCUT2D eigenvalue weighted by molar-refractivity contribution is 0.518. The van der Waals surface area contributed by atoms with Crippen LogP contribution in [0.2, 0.25) is 0 Å². The maximum Gasteiger partial charge on any atom is 0.108 e. The number of fused-ring (bicyclic) bond motifs is 1. The average Bonchev–Trinajstić information content (AvgIpc) is 2.92. The normalized spacial score (nSPS) is 12.7. The molecule has 3 aromatic rings. The van der Waals surface area contributed by atoms with E-state index in [9.17, 15) is 0 Å². The molecule has 1 aromatic heterocycles. The molecule has 0 radical (unpaired) electrons. The third-order valence-corrected chi connectivity index (χ3v) is 4.48. The number of rotatable bonds is 5. The molecule has 1 atom stereocenters. The van der Waals surface area contributed by atoms with Gasteiger partial charge in [-0.1, -0.05) is 49.4 Å². The first-order valence-corrected chi connectivity index (χ1v) is 7.81. The SMILES string of the molecule is CCC(NCc1nc2ccccc2s1)c1ccccc1. The summed E-state index contributed by atoms with van der Waals surface area (Å²) in [4.78, 5) is 4.67. The number of thiazole rings is 1. The molecule has 20 heavy (non-hydrogen) atoms. The fraction of sp³-hybridized carbons (Fsp3) is 0.235. The Kier molecular flexibility index (Phi) is 4.09. The second-order valence-electron chi connectivity index (χ2n) is 4.83. The summed E-state index contributed by atoms with van der Waals surface area (Å²) in [6.07, 6.45) is 1.08. The van der Waals surface area contributed by atoms with Gasteiger partial charge in [-0.2, -0.15) is 0 Å². The first-order chi connectivity index (χ1) is 9.86. The fourth-order valence-corrected chi connectivity index (χ4v) is 3.31. The van der Waals surface area contributed by atoms with Crippen molar-refractivity contribution in [1.29, 1.82) is 0 Å². The predicted octanol–water partition coefficient (Wildman–Crippen LogP) is 4.54. The Bertz CT molecular complexity index is 643. The van der Waals surface area contributed by atoms with Crippen LogP contribution in [0.4, 0.5) is 0 Å². The first-order valence-electron chi connectivity index (χ1n) is 6.99. The van der Waals surface area contributed by atoms with E-state index in [1.807, 2.05) is 6.07 Å². The maximum absolute atomic E-state index is 4.67. The summed E-state index contributed by atoms with van der Waals surface area (Å²) in [6.45, 7) is 3.04. The van der Waals surface area contributed by atoms with Crippen molar-refractivity contribution >= 4 is 21.6 Å². The van der Waals surface area contributed by atoms with E-state index in [1.165, 1.54) is 10.3 Å². The van der Waals surface area contributed by atoms with Gasteiger partial charge in [-0.05, 0) is 24.1 Å². The fourth-order valence-electron chi connectivity index (χ4n) is 2.39. The van der Waals surface area contributed by atoms with Gasteiger partial charge in [-0.25, -0.2) is 4.98 Å². The first kappa shape index (κ1) is 13.3. The molecular weight excluding hydrogens is 264 g/mol. The van der Waals surface area contributed by atoms with Gasteiger partial charge in [0.15, 0.2) is 0 Å². The Morgan fingerprint density at radius 3 is 2.55 bits per heavy atom. The zero-order valence-electron chi connectivity index (χ0n) is 11.5. The van der Waals surface area contributed by atoms with Crippen LogP contribution in [-0.2, 0) is 6.54 Å². The molecule has 0 saturated carbocycles. The molecule has 0 aliphatic rings. The largest absolute Gasteiger partial charge is 0.304 e. The summed E-state index contributed by atoms with van der Waals surface area (Å²) < 4.78 is 1.26. The molecule has 0 amide bonds. The highest BCUT2D eigenvalue weighted by Crippen LogP contribution is 2.23. The number of benzene rings is 2. The topological polar surface area (TPSA) is 24.9 Å². The van der Waals surface area contributed by atoms with Crippen molar-refractivity contribution in [3.63, 3.8) is 0 Å². The van der Waals surface area contributed by atoms with E-state index in [1.54, 1.807) is 11.3 Å². The lowest BCUT2D eigenvalue weighted by Crippen LogP contribution is -2.20. The molecule has 0 spiro atoms. The summed E-state index contributed by atoms with van der Waals surface area (Å²) in [7, 11) is 0. The van der Waals surface area contributed by atoms with Crippen molar-refractivity contribution < 1.29 is 0 Å². The molecule has 1 unspecified atom stereocenters. The van der Waals surface area contributed by atoms with Crippen LogP contribution in [0.25, 0.3) is 10.2 Å². The molecule has 2 nitrogen and oxygen atoms in total. The van der Waals surface area contributed by atoms with Crippen molar-refractivity contribution in [2.75, 3.05) is 0 Å². The Morgan fingerprint density at radius 2 is 1.80 bits per heavy atom. The van der Waals surface area contributed by atoms with Gasteiger partial charge in [-0.3, -0.25) is 0 Å². The number of nitrogens with one attached hydrogen (secondary N) is 1. The molecule has 0 aliphatic heterocycles. The van der Waals surface area contributed by atoms with E-state index >= 15 is 0 Å². The molecule has 0 fully saturated rings. The van der Waals surface area contributed by atoms with Gasteiger partial charge < -0.3 is 5.32 Å². The molecule has 0 bridgehead atoms. The highest BCUT2D eigenvalue weighted by atomic mass is 32.1. The van der Waals surface area contributed by atoms with Crippen molar-refractivity contribution in [2.24, 2.45) is 0 Å². The summed E-state index contributed by atoms with van der Waals surface area (Å²) in [5.74, 6) is 0. The molecular formula is C17H18N2S. The molecule has 1 heterocycles. The minimum atomic E-state index is 0.392. The molecule has 0 aliphatic carbocycles. The Balaban J connectivity index is 1.71. The van der Waals surface area contributed by atoms with E-state index in [0.29, 0.717) is 6.04 Å². The highest BCUT2D eigenvalue weighted by Gasteiger charge is 2.09. The smallest absolute Gasteiger partial charge is 0.108 e. The quantitative estimate of drug-likeness (QED) is 0.743. The number of hydrogen-bond acceptors (Lipinski definition) is 3. The van der Waals surface area contributed by atoms with E-state index in [0.717, 1.165) is 23.5 Å². The van der Waals surface area contributed by atoms with Crippen LogP contribution in [0, 0.1) is 0 Å². The van der Waals surface area contributed by atoms with E-state index in [4.69, 9.17) is 0 Å². The van der Waals surface area contributed by atoms with Crippen LogP contribution in [0.5, 0.6) is 0 Å². The molecule has 3 heteroatoms. The van der Waals surface area contributed by atoms with Crippen LogP contribution >= 0.6 is 11.3 Å². The maximum atomic E-state index is 4.67. The Morgan fingerprint density at radius 1 is 1.05 bits per heavy atom. The van der Waals surface area contributed by atoms with Crippen molar-refractivity contribution in [3.8, 4) is 0 Å². The summed E-state index contributed by atoms with van der Waals surface area (Å²) in [5.41, 5.74) is 2.44. The van der Waals surface area contributed by atoms with Crippen molar-refractivity contribution in [2.45, 2.75) is 25.9 Å². The number of para-hydroxylation sites is 1. The van der Waals surface area contributed by atoms with Crippen LogP contribution in [0.15, 0.2) is 54.6 Å².